The Labute approximate surface area is 174 Å². The molecule has 0 fully saturated rings. The molecule has 0 aliphatic heterocycles. The Morgan fingerprint density at radius 3 is 2.50 bits per heavy atom. The molecule has 30 heavy (non-hydrogen) atoms. The van der Waals surface area contributed by atoms with Crippen LogP contribution in [-0.2, 0) is 4.79 Å². The molecule has 0 unspecified atom stereocenters. The van der Waals surface area contributed by atoms with Crippen molar-refractivity contribution in [2.24, 2.45) is 0 Å². The molecule has 0 radical (unpaired) electrons. The van der Waals surface area contributed by atoms with Crippen molar-refractivity contribution >= 4 is 23.6 Å². The molecule has 0 aliphatic rings. The predicted molar refractivity (Wildman–Crippen MR) is 115 cm³/mol. The van der Waals surface area contributed by atoms with Crippen LogP contribution >= 0.6 is 0 Å². The first kappa shape index (κ1) is 20.6. The number of aromatic nitrogens is 1. The molecular weight excluding hydrogens is 382 g/mol. The lowest BCUT2D eigenvalue weighted by molar-refractivity contribution is -0.111. The minimum absolute atomic E-state index is 0.265. The first-order valence-electron chi connectivity index (χ1n) is 9.17. The van der Waals surface area contributed by atoms with Crippen LogP contribution in [0.4, 0.5) is 5.69 Å². The number of amides is 2. The topological polar surface area (TPSA) is 89.6 Å². The molecule has 2 aromatic carbocycles. The Morgan fingerprint density at radius 1 is 1.00 bits per heavy atom. The molecule has 0 aliphatic carbocycles. The summed E-state index contributed by atoms with van der Waals surface area (Å²) in [5.41, 5.74) is 1.70. The molecule has 2 amide bonds. The maximum Gasteiger partial charge on any atom is 0.269 e. The van der Waals surface area contributed by atoms with Gasteiger partial charge in [-0.3, -0.25) is 14.6 Å². The van der Waals surface area contributed by atoms with Crippen LogP contribution in [-0.4, -0.2) is 31.0 Å². The highest BCUT2D eigenvalue weighted by molar-refractivity contribution is 6.02. The first-order valence-corrected chi connectivity index (χ1v) is 9.17. The third kappa shape index (κ3) is 5.45. The van der Waals surface area contributed by atoms with Gasteiger partial charge in [0.05, 0.1) is 7.11 Å². The summed E-state index contributed by atoms with van der Waals surface area (Å²) in [5.74, 6) is 1.18. The van der Waals surface area contributed by atoms with Gasteiger partial charge in [0.2, 0.25) is 5.91 Å². The van der Waals surface area contributed by atoms with Gasteiger partial charge in [-0.05, 0) is 42.5 Å². The fourth-order valence-corrected chi connectivity index (χ4v) is 2.62. The molecule has 0 saturated heterocycles. The maximum atomic E-state index is 12.2. The number of hydrogen-bond donors (Lipinski definition) is 2. The summed E-state index contributed by atoms with van der Waals surface area (Å²) >= 11 is 0. The minimum atomic E-state index is -0.292. The lowest BCUT2D eigenvalue weighted by Crippen LogP contribution is -2.18. The fourth-order valence-electron chi connectivity index (χ4n) is 2.62. The fraction of sp³-hybridized carbons (Fsp3) is 0.0870. The zero-order valence-corrected chi connectivity index (χ0v) is 16.6. The van der Waals surface area contributed by atoms with Crippen molar-refractivity contribution in [2.45, 2.75) is 0 Å². The SMILES string of the molecule is CNC(=O)c1cc(Oc2ccc(NC(=O)/C=C/c3ccccc3OC)cc2)ccn1. The van der Waals surface area contributed by atoms with E-state index in [1.54, 1.807) is 49.6 Å². The molecule has 152 valence electrons. The second kappa shape index (κ2) is 9.88. The molecule has 3 aromatic rings. The number of benzene rings is 2. The van der Waals surface area contributed by atoms with Crippen LogP contribution in [0.25, 0.3) is 6.08 Å². The van der Waals surface area contributed by atoms with Gasteiger partial charge < -0.3 is 20.1 Å². The second-order valence-electron chi connectivity index (χ2n) is 6.15. The van der Waals surface area contributed by atoms with Gasteiger partial charge in [0.15, 0.2) is 0 Å². The third-order valence-corrected chi connectivity index (χ3v) is 4.10. The van der Waals surface area contributed by atoms with Crippen LogP contribution in [0.1, 0.15) is 16.1 Å². The van der Waals surface area contributed by atoms with E-state index in [1.165, 1.54) is 19.3 Å². The largest absolute Gasteiger partial charge is 0.496 e. The van der Waals surface area contributed by atoms with Crippen LogP contribution in [0.2, 0.25) is 0 Å². The average Bonchev–Trinajstić information content (AvgIpc) is 2.79. The Kier molecular flexibility index (Phi) is 6.78. The monoisotopic (exact) mass is 403 g/mol. The van der Waals surface area contributed by atoms with E-state index in [1.807, 2.05) is 24.3 Å². The van der Waals surface area contributed by atoms with Crippen LogP contribution in [0.3, 0.4) is 0 Å². The van der Waals surface area contributed by atoms with Crippen molar-refractivity contribution in [1.82, 2.24) is 10.3 Å². The lowest BCUT2D eigenvalue weighted by Gasteiger charge is -2.08. The summed E-state index contributed by atoms with van der Waals surface area (Å²) in [4.78, 5) is 27.8. The summed E-state index contributed by atoms with van der Waals surface area (Å²) in [6.07, 6.45) is 4.64. The molecule has 1 aromatic heterocycles. The number of carbonyl (C=O) groups excluding carboxylic acids is 2. The Bertz CT molecular complexity index is 1060. The van der Waals surface area contributed by atoms with E-state index >= 15 is 0 Å². The van der Waals surface area contributed by atoms with Crippen molar-refractivity contribution in [3.05, 3.63) is 84.2 Å². The molecule has 0 spiro atoms. The minimum Gasteiger partial charge on any atom is -0.496 e. The van der Waals surface area contributed by atoms with E-state index in [2.05, 4.69) is 15.6 Å². The molecule has 0 saturated carbocycles. The lowest BCUT2D eigenvalue weighted by atomic mass is 10.2. The van der Waals surface area contributed by atoms with Crippen LogP contribution in [0, 0.1) is 0 Å². The van der Waals surface area contributed by atoms with Crippen molar-refractivity contribution in [3.8, 4) is 17.2 Å². The smallest absolute Gasteiger partial charge is 0.269 e. The molecule has 7 heteroatoms. The summed E-state index contributed by atoms with van der Waals surface area (Å²) < 4.78 is 11.0. The quantitative estimate of drug-likeness (QED) is 0.584. The first-order chi connectivity index (χ1) is 14.6. The average molecular weight is 403 g/mol. The van der Waals surface area contributed by atoms with Crippen LogP contribution in [0.5, 0.6) is 17.2 Å². The number of hydrogen-bond acceptors (Lipinski definition) is 5. The van der Waals surface area contributed by atoms with E-state index in [0.717, 1.165) is 5.56 Å². The number of anilines is 1. The van der Waals surface area contributed by atoms with E-state index in [-0.39, 0.29) is 17.5 Å². The second-order valence-corrected chi connectivity index (χ2v) is 6.15. The molecular formula is C23H21N3O4. The number of methoxy groups -OCH3 is 1. The predicted octanol–water partition coefficient (Wildman–Crippen LogP) is 3.89. The normalized spacial score (nSPS) is 10.5. The molecule has 3 rings (SSSR count). The standard InChI is InChI=1S/C23H21N3O4/c1-24-23(28)20-15-19(13-14-25-20)30-18-10-8-17(9-11-18)26-22(27)12-7-16-5-3-4-6-21(16)29-2/h3-15H,1-2H3,(H,24,28)(H,26,27)/b12-7+. The van der Waals surface area contributed by atoms with Gasteiger partial charge in [-0.2, -0.15) is 0 Å². The van der Waals surface area contributed by atoms with Gasteiger partial charge in [0.25, 0.3) is 5.91 Å². The van der Waals surface area contributed by atoms with Crippen molar-refractivity contribution in [2.75, 3.05) is 19.5 Å². The van der Waals surface area contributed by atoms with E-state index in [0.29, 0.717) is 22.9 Å². The summed E-state index contributed by atoms with van der Waals surface area (Å²) in [6, 6.07) is 17.5. The summed E-state index contributed by atoms with van der Waals surface area (Å²) in [5, 5.41) is 5.30. The highest BCUT2D eigenvalue weighted by Gasteiger charge is 2.07. The number of para-hydroxylation sites is 1. The summed E-state index contributed by atoms with van der Waals surface area (Å²) in [6.45, 7) is 0. The number of nitrogens with zero attached hydrogens (tertiary/aromatic N) is 1. The molecule has 0 bridgehead atoms. The van der Waals surface area contributed by atoms with E-state index in [9.17, 15) is 9.59 Å². The van der Waals surface area contributed by atoms with Gasteiger partial charge in [-0.25, -0.2) is 0 Å². The molecule has 2 N–H and O–H groups in total. The molecule has 1 heterocycles. The number of rotatable bonds is 7. The zero-order chi connectivity index (χ0) is 21.3. The molecule has 7 nitrogen and oxygen atoms in total. The zero-order valence-electron chi connectivity index (χ0n) is 16.6. The highest BCUT2D eigenvalue weighted by atomic mass is 16.5. The molecule has 0 atom stereocenters. The van der Waals surface area contributed by atoms with Crippen molar-refractivity contribution in [3.63, 3.8) is 0 Å². The van der Waals surface area contributed by atoms with Crippen LogP contribution in [0.15, 0.2) is 72.9 Å². The summed E-state index contributed by atoms with van der Waals surface area (Å²) in [7, 11) is 3.12. The number of nitrogens with one attached hydrogen (secondary N) is 2. The van der Waals surface area contributed by atoms with Crippen molar-refractivity contribution in [1.29, 1.82) is 0 Å². The van der Waals surface area contributed by atoms with Crippen molar-refractivity contribution < 1.29 is 19.1 Å². The Hall–Kier alpha value is -4.13. The van der Waals surface area contributed by atoms with Gasteiger partial charge in [-0.15, -0.1) is 0 Å². The third-order valence-electron chi connectivity index (χ3n) is 4.10. The van der Waals surface area contributed by atoms with Gasteiger partial charge in [-0.1, -0.05) is 18.2 Å². The number of ether oxygens (including phenoxy) is 2. The number of pyridine rings is 1. The van der Waals surface area contributed by atoms with Gasteiger partial charge in [0.1, 0.15) is 22.9 Å². The maximum absolute atomic E-state index is 12.2. The Morgan fingerprint density at radius 2 is 1.77 bits per heavy atom. The Balaban J connectivity index is 1.61. The van der Waals surface area contributed by atoms with Gasteiger partial charge >= 0.3 is 0 Å². The van der Waals surface area contributed by atoms with E-state index in [4.69, 9.17) is 9.47 Å². The number of carbonyl (C=O) groups is 2. The van der Waals surface area contributed by atoms with Gasteiger partial charge in [0, 0.05) is 36.6 Å². The van der Waals surface area contributed by atoms with E-state index < -0.39 is 0 Å². The van der Waals surface area contributed by atoms with Crippen LogP contribution < -0.4 is 20.1 Å². The highest BCUT2D eigenvalue weighted by Crippen LogP contribution is 2.23.